The van der Waals surface area contributed by atoms with Crippen molar-refractivity contribution in [3.05, 3.63) is 74.8 Å². The number of carbonyl (C=O) groups excluding carboxylic acids is 1. The van der Waals surface area contributed by atoms with Crippen molar-refractivity contribution in [2.45, 2.75) is 58.9 Å². The first-order valence-electron chi connectivity index (χ1n) is 9.86. The second kappa shape index (κ2) is 8.69. The number of non-ortho nitro benzene ring substituents is 1. The van der Waals surface area contributed by atoms with E-state index in [-0.39, 0.29) is 22.4 Å². The highest BCUT2D eigenvalue weighted by atomic mass is 16.6. The first-order valence-corrected chi connectivity index (χ1v) is 9.86. The molecule has 30 heavy (non-hydrogen) atoms. The Hall–Kier alpha value is -3.15. The Balaban J connectivity index is 2.16. The van der Waals surface area contributed by atoms with Crippen LogP contribution in [0.25, 0.3) is 6.08 Å². The lowest BCUT2D eigenvalue weighted by atomic mass is 9.78. The van der Waals surface area contributed by atoms with E-state index in [2.05, 4.69) is 5.32 Å². The topological polar surface area (TPSA) is 92.5 Å². The van der Waals surface area contributed by atoms with Crippen LogP contribution in [0.5, 0.6) is 5.75 Å². The zero-order valence-corrected chi connectivity index (χ0v) is 18.4. The molecule has 2 aromatic carbocycles. The minimum atomic E-state index is -0.463. The molecule has 0 fully saturated rings. The van der Waals surface area contributed by atoms with Crippen LogP contribution in [0.2, 0.25) is 0 Å². The maximum atomic E-state index is 12.2. The van der Waals surface area contributed by atoms with E-state index in [0.29, 0.717) is 17.9 Å². The second-order valence-electron chi connectivity index (χ2n) is 9.44. The molecular formula is C24H30N2O4. The summed E-state index contributed by atoms with van der Waals surface area (Å²) in [5, 5.41) is 24.3. The highest BCUT2D eigenvalue weighted by Gasteiger charge is 2.26. The summed E-state index contributed by atoms with van der Waals surface area (Å²) in [4.78, 5) is 22.5. The lowest BCUT2D eigenvalue weighted by Gasteiger charge is -2.28. The fourth-order valence-corrected chi connectivity index (χ4v) is 3.07. The molecule has 6 heteroatoms. The number of nitro groups is 1. The summed E-state index contributed by atoms with van der Waals surface area (Å²) >= 11 is 0. The van der Waals surface area contributed by atoms with Crippen LogP contribution < -0.4 is 5.32 Å². The van der Waals surface area contributed by atoms with Gasteiger partial charge in [0.25, 0.3) is 5.69 Å². The van der Waals surface area contributed by atoms with E-state index in [0.717, 1.165) is 16.7 Å². The van der Waals surface area contributed by atoms with E-state index >= 15 is 0 Å². The van der Waals surface area contributed by atoms with E-state index in [1.54, 1.807) is 18.2 Å². The van der Waals surface area contributed by atoms with Crippen LogP contribution in [0.15, 0.2) is 42.5 Å². The van der Waals surface area contributed by atoms with Crippen molar-refractivity contribution in [1.82, 2.24) is 5.32 Å². The summed E-state index contributed by atoms with van der Waals surface area (Å²) in [5.74, 6) is 0.0409. The molecule has 0 saturated heterocycles. The number of amides is 1. The van der Waals surface area contributed by atoms with Gasteiger partial charge in [-0.05, 0) is 63.4 Å². The maximum Gasteiger partial charge on any atom is 0.269 e. The third-order valence-corrected chi connectivity index (χ3v) is 4.78. The molecule has 0 unspecified atom stereocenters. The summed E-state index contributed by atoms with van der Waals surface area (Å²) < 4.78 is 0. The third kappa shape index (κ3) is 5.92. The second-order valence-corrected chi connectivity index (χ2v) is 9.44. The number of aromatic hydroxyl groups is 1. The van der Waals surface area contributed by atoms with Gasteiger partial charge in [-0.15, -0.1) is 0 Å². The van der Waals surface area contributed by atoms with Gasteiger partial charge >= 0.3 is 0 Å². The number of nitrogens with one attached hydrogen (secondary N) is 1. The Bertz CT molecular complexity index is 927. The number of nitro benzene ring substituents is 1. The normalized spacial score (nSPS) is 12.2. The lowest BCUT2D eigenvalue weighted by molar-refractivity contribution is -0.384. The zero-order chi connectivity index (χ0) is 22.7. The molecule has 160 valence electrons. The number of hydrogen-bond donors (Lipinski definition) is 2. The number of phenols is 1. The molecule has 0 aliphatic carbocycles. The average molecular weight is 411 g/mol. The number of phenolic OH excluding ortho intramolecular Hbond substituents is 1. The van der Waals surface area contributed by atoms with Crippen molar-refractivity contribution in [2.24, 2.45) is 0 Å². The van der Waals surface area contributed by atoms with Crippen molar-refractivity contribution in [3.63, 3.8) is 0 Å². The van der Waals surface area contributed by atoms with Gasteiger partial charge in [0.1, 0.15) is 5.75 Å². The van der Waals surface area contributed by atoms with E-state index in [9.17, 15) is 20.0 Å². The summed E-state index contributed by atoms with van der Waals surface area (Å²) in [6.45, 7) is 12.6. The fourth-order valence-electron chi connectivity index (χ4n) is 3.07. The van der Waals surface area contributed by atoms with Crippen LogP contribution in [0.4, 0.5) is 5.69 Å². The molecule has 0 heterocycles. The fraction of sp³-hybridized carbons (Fsp3) is 0.375. The average Bonchev–Trinajstić information content (AvgIpc) is 2.63. The van der Waals surface area contributed by atoms with Crippen LogP contribution in [-0.2, 0) is 22.2 Å². The van der Waals surface area contributed by atoms with Crippen molar-refractivity contribution in [3.8, 4) is 5.75 Å². The predicted molar refractivity (Wildman–Crippen MR) is 119 cm³/mol. The highest BCUT2D eigenvalue weighted by molar-refractivity contribution is 5.91. The molecule has 2 aromatic rings. The quantitative estimate of drug-likeness (QED) is 0.401. The standard InChI is InChI=1S/C24H30N2O4/c1-23(2,3)19-13-17(14-20(22(19)28)24(4,5)6)15-25-21(27)12-9-16-7-10-18(11-8-16)26(29)30/h7-14,28H,15H2,1-6H3,(H,25,27). The monoisotopic (exact) mass is 410 g/mol. The number of carbonyl (C=O) groups is 1. The number of hydrogen-bond acceptors (Lipinski definition) is 4. The number of benzene rings is 2. The van der Waals surface area contributed by atoms with Gasteiger partial charge in [-0.1, -0.05) is 41.5 Å². The molecule has 0 saturated carbocycles. The summed E-state index contributed by atoms with van der Waals surface area (Å²) in [6.07, 6.45) is 3.01. The molecule has 0 aliphatic heterocycles. The molecule has 2 N–H and O–H groups in total. The van der Waals surface area contributed by atoms with Gasteiger partial charge in [0.05, 0.1) is 4.92 Å². The zero-order valence-electron chi connectivity index (χ0n) is 18.4. The van der Waals surface area contributed by atoms with Gasteiger partial charge in [0.2, 0.25) is 5.91 Å². The van der Waals surface area contributed by atoms with Crippen LogP contribution in [-0.4, -0.2) is 15.9 Å². The van der Waals surface area contributed by atoms with E-state index < -0.39 is 4.92 Å². The Morgan fingerprint density at radius 3 is 1.97 bits per heavy atom. The van der Waals surface area contributed by atoms with Crippen LogP contribution in [0.1, 0.15) is 63.8 Å². The molecule has 1 amide bonds. The molecule has 0 radical (unpaired) electrons. The van der Waals surface area contributed by atoms with Crippen molar-refractivity contribution in [1.29, 1.82) is 0 Å². The van der Waals surface area contributed by atoms with Gasteiger partial charge in [-0.3, -0.25) is 14.9 Å². The van der Waals surface area contributed by atoms with Crippen LogP contribution in [0.3, 0.4) is 0 Å². The Morgan fingerprint density at radius 1 is 1.03 bits per heavy atom. The third-order valence-electron chi connectivity index (χ3n) is 4.78. The Labute approximate surface area is 177 Å². The molecule has 0 spiro atoms. The maximum absolute atomic E-state index is 12.2. The molecular weight excluding hydrogens is 380 g/mol. The van der Waals surface area contributed by atoms with Gasteiger partial charge in [0.15, 0.2) is 0 Å². The summed E-state index contributed by atoms with van der Waals surface area (Å²) in [5.41, 5.74) is 2.85. The van der Waals surface area contributed by atoms with Gasteiger partial charge in [-0.25, -0.2) is 0 Å². The summed E-state index contributed by atoms with van der Waals surface area (Å²) in [6, 6.07) is 9.85. The SMILES string of the molecule is CC(C)(C)c1cc(CNC(=O)C=Cc2ccc([N+](=O)[O-])cc2)cc(C(C)(C)C)c1O. The van der Waals surface area contributed by atoms with E-state index in [1.807, 2.05) is 53.7 Å². The van der Waals surface area contributed by atoms with Gasteiger partial charge < -0.3 is 10.4 Å². The highest BCUT2D eigenvalue weighted by Crippen LogP contribution is 2.39. The largest absolute Gasteiger partial charge is 0.507 e. The molecule has 2 rings (SSSR count). The van der Waals surface area contributed by atoms with Crippen LogP contribution >= 0.6 is 0 Å². The first kappa shape index (κ1) is 23.1. The summed E-state index contributed by atoms with van der Waals surface area (Å²) in [7, 11) is 0. The molecule has 0 aromatic heterocycles. The Morgan fingerprint density at radius 2 is 1.53 bits per heavy atom. The van der Waals surface area contributed by atoms with Crippen LogP contribution in [0, 0.1) is 10.1 Å². The van der Waals surface area contributed by atoms with E-state index in [4.69, 9.17) is 0 Å². The molecule has 6 nitrogen and oxygen atoms in total. The number of rotatable bonds is 5. The van der Waals surface area contributed by atoms with Gasteiger partial charge in [0, 0.05) is 24.8 Å². The first-order chi connectivity index (χ1) is 13.8. The lowest BCUT2D eigenvalue weighted by Crippen LogP contribution is -2.22. The molecule has 0 atom stereocenters. The molecule has 0 bridgehead atoms. The molecule has 0 aliphatic rings. The number of nitrogens with zero attached hydrogens (tertiary/aromatic N) is 1. The van der Waals surface area contributed by atoms with Gasteiger partial charge in [-0.2, -0.15) is 0 Å². The van der Waals surface area contributed by atoms with Crippen molar-refractivity contribution in [2.75, 3.05) is 0 Å². The predicted octanol–water partition coefficient (Wildman–Crippen LogP) is 5.23. The van der Waals surface area contributed by atoms with Crippen molar-refractivity contribution >= 4 is 17.7 Å². The minimum absolute atomic E-state index is 0.00763. The Kier molecular flexibility index (Phi) is 6.70. The van der Waals surface area contributed by atoms with E-state index in [1.165, 1.54) is 18.2 Å². The minimum Gasteiger partial charge on any atom is -0.507 e. The smallest absolute Gasteiger partial charge is 0.269 e. The van der Waals surface area contributed by atoms with Crippen molar-refractivity contribution < 1.29 is 14.8 Å².